The van der Waals surface area contributed by atoms with E-state index in [0.29, 0.717) is 11.1 Å². The Morgan fingerprint density at radius 3 is 1.92 bits per heavy atom. The van der Waals surface area contributed by atoms with Gasteiger partial charge in [0, 0.05) is 5.56 Å². The molecule has 0 saturated heterocycles. The summed E-state index contributed by atoms with van der Waals surface area (Å²) in [5.74, 6) is -2.29. The number of hydrogen-bond donors (Lipinski definition) is 0. The standard InChI is InChI=1S/C31H38F4O/c1-3-5-20-6-11-22(12-7-20)25-17-16-24(28(32)29(25)33)15-10-21-8-13-23(14-9-21)26-18-19-27(36-4-2)31(35)30(26)34/h10,15-23H,3-9,11-14H2,1-2H3/b15-10+. The summed E-state index contributed by atoms with van der Waals surface area (Å²) in [6, 6.07) is 6.59. The van der Waals surface area contributed by atoms with Crippen LogP contribution in [-0.2, 0) is 0 Å². The molecule has 4 rings (SSSR count). The molecule has 2 aromatic carbocycles. The number of halogens is 4. The summed E-state index contributed by atoms with van der Waals surface area (Å²) in [4.78, 5) is 0. The zero-order valence-electron chi connectivity index (χ0n) is 21.5. The number of ether oxygens (including phenoxy) is 1. The van der Waals surface area contributed by atoms with Crippen LogP contribution < -0.4 is 4.74 Å². The number of allylic oxidation sites excluding steroid dienone is 1. The molecule has 0 unspecified atom stereocenters. The largest absolute Gasteiger partial charge is 0.491 e. The van der Waals surface area contributed by atoms with Gasteiger partial charge < -0.3 is 4.74 Å². The molecule has 0 spiro atoms. The fraction of sp³-hybridized carbons (Fsp3) is 0.548. The first-order valence-electron chi connectivity index (χ1n) is 13.7. The first-order chi connectivity index (χ1) is 17.4. The van der Waals surface area contributed by atoms with E-state index in [-0.39, 0.29) is 35.7 Å². The van der Waals surface area contributed by atoms with Gasteiger partial charge in [0.2, 0.25) is 5.82 Å². The van der Waals surface area contributed by atoms with Crippen LogP contribution in [0.25, 0.3) is 6.08 Å². The molecule has 0 radical (unpaired) electrons. The van der Waals surface area contributed by atoms with Gasteiger partial charge in [-0.25, -0.2) is 13.2 Å². The van der Waals surface area contributed by atoms with E-state index in [1.165, 1.54) is 18.9 Å². The molecule has 0 bridgehead atoms. The minimum Gasteiger partial charge on any atom is -0.491 e. The molecular weight excluding hydrogens is 464 g/mol. The molecule has 1 nitrogen and oxygen atoms in total. The molecule has 2 aliphatic carbocycles. The second-order valence-corrected chi connectivity index (χ2v) is 10.6. The Kier molecular flexibility index (Phi) is 9.14. The fourth-order valence-electron chi connectivity index (χ4n) is 6.19. The normalized spacial score (nSPS) is 24.8. The van der Waals surface area contributed by atoms with Crippen LogP contribution in [0, 0.1) is 35.1 Å². The summed E-state index contributed by atoms with van der Waals surface area (Å²) in [7, 11) is 0. The molecule has 0 heterocycles. The smallest absolute Gasteiger partial charge is 0.200 e. The highest BCUT2D eigenvalue weighted by atomic mass is 19.2. The van der Waals surface area contributed by atoms with Crippen molar-refractivity contribution in [2.45, 2.75) is 89.9 Å². The lowest BCUT2D eigenvalue weighted by molar-refractivity contribution is 0.303. The van der Waals surface area contributed by atoms with E-state index in [9.17, 15) is 17.6 Å². The van der Waals surface area contributed by atoms with Crippen molar-refractivity contribution in [2.24, 2.45) is 11.8 Å². The van der Waals surface area contributed by atoms with Gasteiger partial charge in [0.1, 0.15) is 0 Å². The van der Waals surface area contributed by atoms with Crippen LogP contribution in [0.5, 0.6) is 5.75 Å². The van der Waals surface area contributed by atoms with Crippen LogP contribution in [0.15, 0.2) is 30.3 Å². The molecule has 2 saturated carbocycles. The number of benzene rings is 2. The van der Waals surface area contributed by atoms with Crippen LogP contribution >= 0.6 is 0 Å². The van der Waals surface area contributed by atoms with E-state index < -0.39 is 23.3 Å². The maximum atomic E-state index is 15.0. The minimum absolute atomic E-state index is 0.0549. The first-order valence-corrected chi connectivity index (χ1v) is 13.7. The summed E-state index contributed by atoms with van der Waals surface area (Å²) in [6.07, 6.45) is 13.1. The van der Waals surface area contributed by atoms with Gasteiger partial charge in [-0.3, -0.25) is 0 Å². The van der Waals surface area contributed by atoms with Crippen molar-refractivity contribution in [3.63, 3.8) is 0 Å². The summed E-state index contributed by atoms with van der Waals surface area (Å²) in [5, 5.41) is 0. The Hall–Kier alpha value is -2.30. The quantitative estimate of drug-likeness (QED) is 0.327. The van der Waals surface area contributed by atoms with E-state index in [0.717, 1.165) is 57.3 Å². The highest BCUT2D eigenvalue weighted by Gasteiger charge is 2.27. The second-order valence-electron chi connectivity index (χ2n) is 10.6. The Morgan fingerprint density at radius 2 is 1.31 bits per heavy atom. The van der Waals surface area contributed by atoms with E-state index in [1.54, 1.807) is 31.2 Å². The third kappa shape index (κ3) is 5.98. The molecule has 0 amide bonds. The van der Waals surface area contributed by atoms with Crippen LogP contribution in [0.4, 0.5) is 17.6 Å². The summed E-state index contributed by atoms with van der Waals surface area (Å²) >= 11 is 0. The maximum absolute atomic E-state index is 15.0. The van der Waals surface area contributed by atoms with Crippen molar-refractivity contribution in [3.05, 3.63) is 70.3 Å². The molecule has 36 heavy (non-hydrogen) atoms. The topological polar surface area (TPSA) is 9.23 Å². The fourth-order valence-corrected chi connectivity index (χ4v) is 6.19. The van der Waals surface area contributed by atoms with Crippen LogP contribution in [0.2, 0.25) is 0 Å². The zero-order chi connectivity index (χ0) is 25.7. The lowest BCUT2D eigenvalue weighted by atomic mass is 9.77. The first kappa shape index (κ1) is 26.8. The predicted octanol–water partition coefficient (Wildman–Crippen LogP) is 9.70. The Bertz CT molecular complexity index is 1050. The molecule has 196 valence electrons. The maximum Gasteiger partial charge on any atom is 0.200 e. The van der Waals surface area contributed by atoms with Crippen molar-refractivity contribution in [2.75, 3.05) is 6.61 Å². The Labute approximate surface area is 212 Å². The highest BCUT2D eigenvalue weighted by molar-refractivity contribution is 5.52. The molecular formula is C31H38F4O. The molecule has 0 aliphatic heterocycles. The number of hydrogen-bond acceptors (Lipinski definition) is 1. The summed E-state index contributed by atoms with van der Waals surface area (Å²) in [6.45, 7) is 4.20. The Morgan fingerprint density at radius 1 is 0.722 bits per heavy atom. The molecule has 2 aliphatic rings. The SMILES string of the molecule is CCCC1CCC(c2ccc(/C=C/C3CCC(c4ccc(OCC)c(F)c4F)CC3)c(F)c2F)CC1. The van der Waals surface area contributed by atoms with E-state index >= 15 is 0 Å². The van der Waals surface area contributed by atoms with Gasteiger partial charge >= 0.3 is 0 Å². The average Bonchev–Trinajstić information content (AvgIpc) is 2.89. The van der Waals surface area contributed by atoms with E-state index in [4.69, 9.17) is 4.74 Å². The van der Waals surface area contributed by atoms with Crippen molar-refractivity contribution >= 4 is 6.08 Å². The molecule has 0 N–H and O–H groups in total. The second kappa shape index (κ2) is 12.3. The average molecular weight is 503 g/mol. The summed E-state index contributed by atoms with van der Waals surface area (Å²) in [5.41, 5.74) is 1.19. The van der Waals surface area contributed by atoms with Crippen LogP contribution in [-0.4, -0.2) is 6.61 Å². The number of rotatable bonds is 8. The molecule has 2 fully saturated rings. The van der Waals surface area contributed by atoms with Gasteiger partial charge in [-0.2, -0.15) is 4.39 Å². The van der Waals surface area contributed by atoms with Crippen LogP contribution in [0.3, 0.4) is 0 Å². The van der Waals surface area contributed by atoms with Gasteiger partial charge in [0.15, 0.2) is 23.2 Å². The van der Waals surface area contributed by atoms with Gasteiger partial charge in [-0.1, -0.05) is 50.1 Å². The van der Waals surface area contributed by atoms with Gasteiger partial charge in [-0.15, -0.1) is 0 Å². The summed E-state index contributed by atoms with van der Waals surface area (Å²) < 4.78 is 63.9. The lowest BCUT2D eigenvalue weighted by Crippen LogP contribution is -2.15. The Balaban J connectivity index is 1.35. The third-order valence-electron chi connectivity index (χ3n) is 8.26. The van der Waals surface area contributed by atoms with E-state index in [1.807, 2.05) is 6.08 Å². The van der Waals surface area contributed by atoms with Crippen molar-refractivity contribution in [1.29, 1.82) is 0 Å². The van der Waals surface area contributed by atoms with E-state index in [2.05, 4.69) is 6.92 Å². The molecule has 0 aromatic heterocycles. The monoisotopic (exact) mass is 502 g/mol. The van der Waals surface area contributed by atoms with Crippen molar-refractivity contribution < 1.29 is 22.3 Å². The molecule has 2 aromatic rings. The zero-order valence-corrected chi connectivity index (χ0v) is 21.5. The van der Waals surface area contributed by atoms with Crippen molar-refractivity contribution in [1.82, 2.24) is 0 Å². The van der Waals surface area contributed by atoms with Crippen molar-refractivity contribution in [3.8, 4) is 5.75 Å². The highest BCUT2D eigenvalue weighted by Crippen LogP contribution is 2.41. The van der Waals surface area contributed by atoms with Gasteiger partial charge in [0.05, 0.1) is 6.61 Å². The van der Waals surface area contributed by atoms with Crippen LogP contribution in [0.1, 0.15) is 107 Å². The van der Waals surface area contributed by atoms with Gasteiger partial charge in [0.25, 0.3) is 0 Å². The molecule has 0 atom stereocenters. The lowest BCUT2D eigenvalue weighted by Gasteiger charge is -2.29. The minimum atomic E-state index is -0.925. The molecule has 5 heteroatoms. The third-order valence-corrected chi connectivity index (χ3v) is 8.26. The van der Waals surface area contributed by atoms with Gasteiger partial charge in [-0.05, 0) is 99.2 Å². The predicted molar refractivity (Wildman–Crippen MR) is 137 cm³/mol.